The number of esters is 1. The van der Waals surface area contributed by atoms with Crippen molar-refractivity contribution in [3.05, 3.63) is 88.4 Å². The normalized spacial score (nSPS) is 10.6. The van der Waals surface area contributed by atoms with Gasteiger partial charge in [0.25, 0.3) is 5.91 Å². The summed E-state index contributed by atoms with van der Waals surface area (Å²) >= 11 is 0. The third-order valence-corrected chi connectivity index (χ3v) is 3.77. The quantitative estimate of drug-likeness (QED) is 0.574. The SMILES string of the molecule is CCOC(=O)c1cc(NC(=O)c2ccccc2)c(=O)oc1/C=C/Nc1ncccn1. The van der Waals surface area contributed by atoms with Crippen LogP contribution in [0.25, 0.3) is 6.08 Å². The molecule has 1 aromatic carbocycles. The Balaban J connectivity index is 1.89. The lowest BCUT2D eigenvalue weighted by atomic mass is 10.2. The Kier molecular flexibility index (Phi) is 6.67. The maximum absolute atomic E-state index is 12.4. The fraction of sp³-hybridized carbons (Fsp3) is 0.0952. The predicted octanol–water partition coefficient (Wildman–Crippen LogP) is 2.94. The summed E-state index contributed by atoms with van der Waals surface area (Å²) in [5.74, 6) is -0.934. The largest absolute Gasteiger partial charge is 0.462 e. The number of aromatic nitrogens is 2. The lowest BCUT2D eigenvalue weighted by Gasteiger charge is -2.08. The first-order valence-corrected chi connectivity index (χ1v) is 9.00. The van der Waals surface area contributed by atoms with Crippen LogP contribution in [0.1, 0.15) is 33.4 Å². The van der Waals surface area contributed by atoms with E-state index in [1.165, 1.54) is 18.3 Å². The van der Waals surface area contributed by atoms with E-state index in [1.54, 1.807) is 55.7 Å². The van der Waals surface area contributed by atoms with E-state index < -0.39 is 17.5 Å². The van der Waals surface area contributed by atoms with Crippen molar-refractivity contribution in [2.45, 2.75) is 6.92 Å². The standard InChI is InChI=1S/C21H18N4O5/c1-2-29-19(27)15-13-16(25-18(26)14-7-4-3-5-8-14)20(28)30-17(15)9-12-24-21-22-10-6-11-23-21/h3-13H,2H2,1H3,(H,25,26)(H,22,23,24)/b12-9+. The lowest BCUT2D eigenvalue weighted by Crippen LogP contribution is -2.20. The molecule has 2 heterocycles. The molecule has 0 atom stereocenters. The first kappa shape index (κ1) is 20.5. The molecule has 0 saturated heterocycles. The Morgan fingerprint density at radius 1 is 1.13 bits per heavy atom. The highest BCUT2D eigenvalue weighted by molar-refractivity contribution is 6.04. The summed E-state index contributed by atoms with van der Waals surface area (Å²) in [6.45, 7) is 1.78. The van der Waals surface area contributed by atoms with Gasteiger partial charge in [0.15, 0.2) is 0 Å². The van der Waals surface area contributed by atoms with Crippen LogP contribution in [0.15, 0.2) is 70.3 Å². The van der Waals surface area contributed by atoms with Crippen LogP contribution >= 0.6 is 0 Å². The second kappa shape index (κ2) is 9.78. The summed E-state index contributed by atoms with van der Waals surface area (Å²) in [5, 5.41) is 5.25. The average Bonchev–Trinajstić information content (AvgIpc) is 2.77. The number of hydrogen-bond donors (Lipinski definition) is 2. The molecule has 3 aromatic rings. The minimum atomic E-state index is -0.817. The molecule has 152 valence electrons. The molecule has 1 amide bonds. The Morgan fingerprint density at radius 2 is 1.87 bits per heavy atom. The molecule has 0 radical (unpaired) electrons. The second-order valence-corrected chi connectivity index (χ2v) is 5.82. The topological polar surface area (TPSA) is 123 Å². The van der Waals surface area contributed by atoms with Gasteiger partial charge in [0.1, 0.15) is 17.0 Å². The van der Waals surface area contributed by atoms with Crippen molar-refractivity contribution >= 4 is 29.6 Å². The lowest BCUT2D eigenvalue weighted by molar-refractivity contribution is 0.0522. The minimum Gasteiger partial charge on any atom is -0.462 e. The number of benzene rings is 1. The van der Waals surface area contributed by atoms with Gasteiger partial charge in [-0.05, 0) is 37.3 Å². The summed E-state index contributed by atoms with van der Waals surface area (Å²) in [5.41, 5.74) is -0.663. The van der Waals surface area contributed by atoms with Crippen molar-refractivity contribution in [3.63, 3.8) is 0 Å². The summed E-state index contributed by atoms with van der Waals surface area (Å²) in [4.78, 5) is 45.0. The van der Waals surface area contributed by atoms with Gasteiger partial charge in [-0.1, -0.05) is 18.2 Å². The zero-order valence-corrected chi connectivity index (χ0v) is 16.0. The Hall–Kier alpha value is -4.27. The van der Waals surface area contributed by atoms with Gasteiger partial charge in [-0.2, -0.15) is 0 Å². The van der Waals surface area contributed by atoms with Crippen molar-refractivity contribution in [3.8, 4) is 0 Å². The number of amides is 1. The first-order valence-electron chi connectivity index (χ1n) is 9.00. The molecule has 0 fully saturated rings. The molecule has 0 aliphatic rings. The molecular formula is C21H18N4O5. The smallest absolute Gasteiger partial charge is 0.360 e. The van der Waals surface area contributed by atoms with E-state index in [0.29, 0.717) is 11.5 Å². The first-order chi connectivity index (χ1) is 14.6. The number of carbonyl (C=O) groups excluding carboxylic acids is 2. The molecule has 0 aliphatic carbocycles. The van der Waals surface area contributed by atoms with Crippen LogP contribution in [0.4, 0.5) is 11.6 Å². The molecule has 0 bridgehead atoms. The van der Waals surface area contributed by atoms with Gasteiger partial charge in [-0.3, -0.25) is 4.79 Å². The van der Waals surface area contributed by atoms with Crippen LogP contribution in [0, 0.1) is 0 Å². The highest BCUT2D eigenvalue weighted by atomic mass is 16.5. The Bertz CT molecular complexity index is 1110. The van der Waals surface area contributed by atoms with Crippen LogP contribution in [0.3, 0.4) is 0 Å². The van der Waals surface area contributed by atoms with E-state index >= 15 is 0 Å². The van der Waals surface area contributed by atoms with E-state index in [0.717, 1.165) is 0 Å². The Morgan fingerprint density at radius 3 is 2.57 bits per heavy atom. The van der Waals surface area contributed by atoms with Crippen LogP contribution in [-0.4, -0.2) is 28.5 Å². The molecule has 3 rings (SSSR count). The van der Waals surface area contributed by atoms with Crippen molar-refractivity contribution in [1.29, 1.82) is 0 Å². The molecule has 0 unspecified atom stereocenters. The van der Waals surface area contributed by atoms with E-state index in [1.807, 2.05) is 0 Å². The van der Waals surface area contributed by atoms with Crippen molar-refractivity contribution < 1.29 is 18.7 Å². The molecule has 9 heteroatoms. The molecule has 0 aliphatic heterocycles. The number of nitrogens with one attached hydrogen (secondary N) is 2. The number of anilines is 2. The highest BCUT2D eigenvalue weighted by Gasteiger charge is 2.19. The van der Waals surface area contributed by atoms with Crippen molar-refractivity contribution in [2.75, 3.05) is 17.2 Å². The predicted molar refractivity (Wildman–Crippen MR) is 110 cm³/mol. The van der Waals surface area contributed by atoms with E-state index in [-0.39, 0.29) is 23.6 Å². The average molecular weight is 406 g/mol. The van der Waals surface area contributed by atoms with Crippen LogP contribution in [0.5, 0.6) is 0 Å². The third kappa shape index (κ3) is 5.16. The van der Waals surface area contributed by atoms with Crippen molar-refractivity contribution in [1.82, 2.24) is 9.97 Å². The fourth-order valence-electron chi connectivity index (χ4n) is 2.41. The Labute approximate surface area is 171 Å². The van der Waals surface area contributed by atoms with E-state index in [9.17, 15) is 14.4 Å². The van der Waals surface area contributed by atoms with Gasteiger partial charge in [0.05, 0.1) is 6.61 Å². The molecule has 2 aromatic heterocycles. The molecular weight excluding hydrogens is 388 g/mol. The van der Waals surface area contributed by atoms with Gasteiger partial charge in [0, 0.05) is 24.2 Å². The van der Waals surface area contributed by atoms with Crippen LogP contribution in [0.2, 0.25) is 0 Å². The molecule has 30 heavy (non-hydrogen) atoms. The molecule has 2 N–H and O–H groups in total. The number of hydrogen-bond acceptors (Lipinski definition) is 8. The van der Waals surface area contributed by atoms with Crippen LogP contribution in [-0.2, 0) is 4.74 Å². The fourth-order valence-corrected chi connectivity index (χ4v) is 2.41. The number of carbonyl (C=O) groups is 2. The summed E-state index contributed by atoms with van der Waals surface area (Å²) < 4.78 is 10.3. The second-order valence-electron chi connectivity index (χ2n) is 5.82. The van der Waals surface area contributed by atoms with Gasteiger partial charge in [0.2, 0.25) is 5.95 Å². The third-order valence-electron chi connectivity index (χ3n) is 3.77. The van der Waals surface area contributed by atoms with E-state index in [4.69, 9.17) is 9.15 Å². The molecule has 0 saturated carbocycles. The summed E-state index contributed by atoms with van der Waals surface area (Å²) in [6, 6.07) is 11.2. The minimum absolute atomic E-state index is 0.0214. The van der Waals surface area contributed by atoms with E-state index in [2.05, 4.69) is 20.6 Å². The maximum Gasteiger partial charge on any atom is 0.360 e. The molecule has 0 spiro atoms. The van der Waals surface area contributed by atoms with Gasteiger partial charge in [-0.15, -0.1) is 0 Å². The van der Waals surface area contributed by atoms with Gasteiger partial charge >= 0.3 is 11.6 Å². The van der Waals surface area contributed by atoms with Gasteiger partial charge < -0.3 is 19.8 Å². The monoisotopic (exact) mass is 406 g/mol. The molecule has 9 nitrogen and oxygen atoms in total. The number of rotatable bonds is 7. The summed E-state index contributed by atoms with van der Waals surface area (Å²) in [7, 11) is 0. The summed E-state index contributed by atoms with van der Waals surface area (Å²) in [6.07, 6.45) is 5.89. The van der Waals surface area contributed by atoms with Gasteiger partial charge in [-0.25, -0.2) is 19.6 Å². The maximum atomic E-state index is 12.4. The number of nitrogens with zero attached hydrogens (tertiary/aromatic N) is 2. The van der Waals surface area contributed by atoms with Crippen molar-refractivity contribution in [2.24, 2.45) is 0 Å². The zero-order valence-electron chi connectivity index (χ0n) is 16.0. The highest BCUT2D eigenvalue weighted by Crippen LogP contribution is 2.16. The number of ether oxygens (including phenoxy) is 1. The zero-order chi connectivity index (χ0) is 21.3. The van der Waals surface area contributed by atoms with Crippen LogP contribution < -0.4 is 16.3 Å².